The first-order chi connectivity index (χ1) is 7.63. The molecule has 0 saturated heterocycles. The number of hydroxylamine groups is 1. The molecule has 1 amide bonds. The average Bonchev–Trinajstić information content (AvgIpc) is 2.98. The second kappa shape index (κ2) is 4.62. The predicted octanol–water partition coefficient (Wildman–Crippen LogP) is 2.77. The highest BCUT2D eigenvalue weighted by atomic mass is 35.5. The fourth-order valence-corrected chi connectivity index (χ4v) is 2.36. The van der Waals surface area contributed by atoms with Crippen molar-refractivity contribution in [1.29, 1.82) is 0 Å². The fraction of sp³-hybridized carbons (Fsp3) is 0.364. The molecule has 1 aliphatic rings. The van der Waals surface area contributed by atoms with Gasteiger partial charge < -0.3 is 0 Å². The Bertz CT molecular complexity index is 422. The van der Waals surface area contributed by atoms with Crippen molar-refractivity contribution in [2.45, 2.75) is 12.3 Å². The van der Waals surface area contributed by atoms with Crippen LogP contribution in [0.4, 0.5) is 0 Å². The van der Waals surface area contributed by atoms with E-state index < -0.39 is 0 Å². The Balaban J connectivity index is 2.08. The molecule has 0 heterocycles. The van der Waals surface area contributed by atoms with Crippen LogP contribution in [-0.2, 0) is 9.63 Å². The summed E-state index contributed by atoms with van der Waals surface area (Å²) in [5, 5.41) is 1.22. The van der Waals surface area contributed by atoms with Gasteiger partial charge >= 0.3 is 0 Å². The Labute approximate surface area is 104 Å². The molecule has 0 bridgehead atoms. The van der Waals surface area contributed by atoms with E-state index in [0.717, 1.165) is 12.0 Å². The van der Waals surface area contributed by atoms with Gasteiger partial charge in [0.25, 0.3) is 0 Å². The molecule has 0 unspecified atom stereocenters. The summed E-state index contributed by atoms with van der Waals surface area (Å²) < 4.78 is 0. The Morgan fingerprint density at radius 3 is 2.88 bits per heavy atom. The van der Waals surface area contributed by atoms with Gasteiger partial charge in [0.2, 0.25) is 5.91 Å². The van der Waals surface area contributed by atoms with Crippen LogP contribution in [0.2, 0.25) is 10.0 Å². The van der Waals surface area contributed by atoms with E-state index >= 15 is 0 Å². The van der Waals surface area contributed by atoms with Gasteiger partial charge in [-0.25, -0.2) is 5.48 Å². The first-order valence-electron chi connectivity index (χ1n) is 4.91. The maximum Gasteiger partial charge on any atom is 0.247 e. The van der Waals surface area contributed by atoms with Gasteiger partial charge in [0.05, 0.1) is 7.11 Å². The number of halogens is 2. The van der Waals surface area contributed by atoms with E-state index in [9.17, 15) is 4.79 Å². The second-order valence-electron chi connectivity index (χ2n) is 3.78. The highest BCUT2D eigenvalue weighted by Gasteiger charge is 2.44. The van der Waals surface area contributed by atoms with Crippen LogP contribution < -0.4 is 5.48 Å². The second-order valence-corrected chi connectivity index (χ2v) is 4.63. The highest BCUT2D eigenvalue weighted by Crippen LogP contribution is 2.49. The van der Waals surface area contributed by atoms with E-state index in [2.05, 4.69) is 10.3 Å². The van der Waals surface area contributed by atoms with E-state index in [1.807, 2.05) is 6.07 Å². The summed E-state index contributed by atoms with van der Waals surface area (Å²) in [5.41, 5.74) is 3.30. The van der Waals surface area contributed by atoms with Crippen LogP contribution >= 0.6 is 23.2 Å². The van der Waals surface area contributed by atoms with Crippen molar-refractivity contribution in [3.05, 3.63) is 33.8 Å². The van der Waals surface area contributed by atoms with E-state index in [1.165, 1.54) is 7.11 Å². The molecule has 3 nitrogen and oxygen atoms in total. The minimum Gasteiger partial charge on any atom is -0.277 e. The van der Waals surface area contributed by atoms with Crippen LogP contribution in [0.15, 0.2) is 18.2 Å². The van der Waals surface area contributed by atoms with Crippen LogP contribution in [0.3, 0.4) is 0 Å². The van der Waals surface area contributed by atoms with Gasteiger partial charge in [-0.1, -0.05) is 29.3 Å². The number of hydrogen-bond donors (Lipinski definition) is 1. The Hall–Kier alpha value is -0.770. The van der Waals surface area contributed by atoms with Gasteiger partial charge in [-0.15, -0.1) is 0 Å². The molecule has 1 fully saturated rings. The van der Waals surface area contributed by atoms with Gasteiger partial charge in [-0.2, -0.15) is 0 Å². The standard InChI is InChI=1S/C11H11Cl2NO2/c1-16-14-11(15)9-5-8(9)7-3-2-6(12)4-10(7)13/h2-4,8-9H,5H2,1H3,(H,14,15)/t8-,9+/m0/s1. The number of amides is 1. The van der Waals surface area contributed by atoms with E-state index in [-0.39, 0.29) is 17.7 Å². The quantitative estimate of drug-likeness (QED) is 0.848. The SMILES string of the molecule is CONC(=O)[C@@H]1C[C@H]1c1ccc(Cl)cc1Cl. The summed E-state index contributed by atoms with van der Waals surface area (Å²) in [7, 11) is 1.42. The van der Waals surface area contributed by atoms with Gasteiger partial charge in [0.15, 0.2) is 0 Å². The molecular formula is C11H11Cl2NO2. The normalized spacial score (nSPS) is 22.9. The minimum atomic E-state index is -0.0986. The van der Waals surface area contributed by atoms with E-state index in [4.69, 9.17) is 23.2 Å². The summed E-state index contributed by atoms with van der Waals surface area (Å²) >= 11 is 11.9. The third-order valence-electron chi connectivity index (χ3n) is 2.69. The van der Waals surface area contributed by atoms with Crippen LogP contribution in [0.1, 0.15) is 17.9 Å². The minimum absolute atomic E-state index is 0.0429. The lowest BCUT2D eigenvalue weighted by atomic mass is 10.1. The van der Waals surface area contributed by atoms with Crippen LogP contribution in [0, 0.1) is 5.92 Å². The van der Waals surface area contributed by atoms with Crippen molar-refractivity contribution in [2.75, 3.05) is 7.11 Å². The fourth-order valence-electron chi connectivity index (χ4n) is 1.81. The summed E-state index contributed by atoms with van der Waals surface area (Å²) in [5.74, 6) is 0.0389. The Morgan fingerprint density at radius 1 is 1.50 bits per heavy atom. The van der Waals surface area contributed by atoms with Crippen molar-refractivity contribution in [1.82, 2.24) is 5.48 Å². The molecular weight excluding hydrogens is 249 g/mol. The number of carbonyl (C=O) groups excluding carboxylic acids is 1. The molecule has 1 saturated carbocycles. The zero-order valence-electron chi connectivity index (χ0n) is 8.67. The molecule has 2 atom stereocenters. The molecule has 1 aromatic rings. The molecule has 16 heavy (non-hydrogen) atoms. The topological polar surface area (TPSA) is 38.3 Å². The summed E-state index contributed by atoms with van der Waals surface area (Å²) in [6.45, 7) is 0. The van der Waals surface area contributed by atoms with E-state index in [0.29, 0.717) is 10.0 Å². The lowest BCUT2D eigenvalue weighted by Gasteiger charge is -2.04. The number of rotatable bonds is 3. The Kier molecular flexibility index (Phi) is 3.38. The van der Waals surface area contributed by atoms with Crippen LogP contribution in [0.25, 0.3) is 0 Å². The average molecular weight is 260 g/mol. The summed E-state index contributed by atoms with van der Waals surface area (Å²) in [6.07, 6.45) is 0.802. The molecule has 1 aliphatic carbocycles. The summed E-state index contributed by atoms with van der Waals surface area (Å²) in [6, 6.07) is 5.35. The van der Waals surface area contributed by atoms with Crippen molar-refractivity contribution in [3.63, 3.8) is 0 Å². The van der Waals surface area contributed by atoms with Crippen LogP contribution in [0.5, 0.6) is 0 Å². The lowest BCUT2D eigenvalue weighted by Crippen LogP contribution is -2.23. The van der Waals surface area contributed by atoms with Crippen LogP contribution in [-0.4, -0.2) is 13.0 Å². The smallest absolute Gasteiger partial charge is 0.247 e. The van der Waals surface area contributed by atoms with Crippen molar-refractivity contribution in [3.8, 4) is 0 Å². The molecule has 86 valence electrons. The number of benzene rings is 1. The van der Waals surface area contributed by atoms with Gasteiger partial charge in [-0.3, -0.25) is 9.63 Å². The van der Waals surface area contributed by atoms with Crippen molar-refractivity contribution < 1.29 is 9.63 Å². The van der Waals surface area contributed by atoms with Crippen molar-refractivity contribution in [2.24, 2.45) is 5.92 Å². The molecule has 1 aromatic carbocycles. The van der Waals surface area contributed by atoms with Crippen molar-refractivity contribution >= 4 is 29.1 Å². The molecule has 0 spiro atoms. The number of hydrogen-bond acceptors (Lipinski definition) is 2. The largest absolute Gasteiger partial charge is 0.277 e. The number of nitrogens with one attached hydrogen (secondary N) is 1. The highest BCUT2D eigenvalue weighted by molar-refractivity contribution is 6.35. The van der Waals surface area contributed by atoms with Gasteiger partial charge in [0.1, 0.15) is 0 Å². The maximum atomic E-state index is 11.5. The zero-order chi connectivity index (χ0) is 11.7. The first kappa shape index (κ1) is 11.7. The lowest BCUT2D eigenvalue weighted by molar-refractivity contribution is -0.132. The molecule has 1 N–H and O–H groups in total. The van der Waals surface area contributed by atoms with Gasteiger partial charge in [-0.05, 0) is 30.0 Å². The zero-order valence-corrected chi connectivity index (χ0v) is 10.2. The molecule has 2 rings (SSSR count). The number of carbonyl (C=O) groups is 1. The molecule has 0 aromatic heterocycles. The maximum absolute atomic E-state index is 11.5. The third kappa shape index (κ3) is 2.32. The predicted molar refractivity (Wildman–Crippen MR) is 62.5 cm³/mol. The molecule has 0 radical (unpaired) electrons. The molecule has 0 aliphatic heterocycles. The first-order valence-corrected chi connectivity index (χ1v) is 5.67. The Morgan fingerprint density at radius 2 is 2.25 bits per heavy atom. The summed E-state index contributed by atoms with van der Waals surface area (Å²) in [4.78, 5) is 16.0. The van der Waals surface area contributed by atoms with E-state index in [1.54, 1.807) is 12.1 Å². The molecule has 5 heteroatoms. The monoisotopic (exact) mass is 259 g/mol. The third-order valence-corrected chi connectivity index (χ3v) is 3.25. The van der Waals surface area contributed by atoms with Gasteiger partial charge in [0, 0.05) is 16.0 Å².